The molecule has 0 aliphatic carbocycles. The zero-order valence-electron chi connectivity index (χ0n) is 17.1. The molecule has 27 heavy (non-hydrogen) atoms. The van der Waals surface area contributed by atoms with Crippen molar-refractivity contribution in [3.63, 3.8) is 0 Å². The fourth-order valence-corrected chi connectivity index (χ4v) is 4.94. The van der Waals surface area contributed by atoms with Gasteiger partial charge in [-0.15, -0.1) is 0 Å². The maximum atomic E-state index is 4.76. The minimum atomic E-state index is 0.339. The molecular formula is C21H35N5S. The Balaban J connectivity index is 1.53. The molecule has 2 aliphatic heterocycles. The summed E-state index contributed by atoms with van der Waals surface area (Å²) in [5, 5.41) is 6.89. The number of thioether (sulfide) groups is 1. The Morgan fingerprint density at radius 1 is 1.33 bits per heavy atom. The van der Waals surface area contributed by atoms with Crippen molar-refractivity contribution >= 4 is 23.5 Å². The maximum Gasteiger partial charge on any atom is 0.191 e. The third-order valence-electron chi connectivity index (χ3n) is 5.61. The normalized spacial score (nSPS) is 24.3. The van der Waals surface area contributed by atoms with E-state index in [-0.39, 0.29) is 0 Å². The quantitative estimate of drug-likeness (QED) is 0.574. The van der Waals surface area contributed by atoms with E-state index >= 15 is 0 Å². The van der Waals surface area contributed by atoms with E-state index in [4.69, 9.17) is 4.99 Å². The molecular weight excluding hydrogens is 354 g/mol. The van der Waals surface area contributed by atoms with Crippen molar-refractivity contribution in [2.45, 2.75) is 57.7 Å². The van der Waals surface area contributed by atoms with Crippen molar-refractivity contribution < 1.29 is 0 Å². The zero-order valence-corrected chi connectivity index (χ0v) is 17.9. The second kappa shape index (κ2) is 9.67. The van der Waals surface area contributed by atoms with Crippen LogP contribution in [0.1, 0.15) is 52.0 Å². The van der Waals surface area contributed by atoms with E-state index in [1.54, 1.807) is 0 Å². The maximum absolute atomic E-state index is 4.76. The fraction of sp³-hybridized carbons (Fsp3) is 0.714. The van der Waals surface area contributed by atoms with E-state index in [0.29, 0.717) is 11.3 Å². The molecule has 3 rings (SSSR count). The van der Waals surface area contributed by atoms with Gasteiger partial charge in [-0.05, 0) is 62.8 Å². The molecule has 0 saturated carbocycles. The van der Waals surface area contributed by atoms with E-state index in [2.05, 4.69) is 65.2 Å². The summed E-state index contributed by atoms with van der Waals surface area (Å²) in [6.07, 6.45) is 7.12. The SMILES string of the molecule is CCNC(=NCc1ccc(N2CCC(C)CC2)nc1)NCC1(C)CCCS1. The molecule has 0 aromatic carbocycles. The predicted molar refractivity (Wildman–Crippen MR) is 118 cm³/mol. The lowest BCUT2D eigenvalue weighted by Crippen LogP contribution is -2.43. The molecule has 2 N–H and O–H groups in total. The van der Waals surface area contributed by atoms with Crippen molar-refractivity contribution in [2.24, 2.45) is 10.9 Å². The minimum Gasteiger partial charge on any atom is -0.357 e. The Morgan fingerprint density at radius 3 is 2.78 bits per heavy atom. The topological polar surface area (TPSA) is 52.6 Å². The van der Waals surface area contributed by atoms with Gasteiger partial charge in [-0.2, -0.15) is 11.8 Å². The molecule has 2 saturated heterocycles. The highest BCUT2D eigenvalue weighted by Crippen LogP contribution is 2.36. The Kier molecular flexibility index (Phi) is 7.27. The van der Waals surface area contributed by atoms with Crippen molar-refractivity contribution in [3.8, 4) is 0 Å². The number of nitrogens with zero attached hydrogens (tertiary/aromatic N) is 3. The smallest absolute Gasteiger partial charge is 0.191 e. The first-order valence-corrected chi connectivity index (χ1v) is 11.4. The second-order valence-corrected chi connectivity index (χ2v) is 9.83. The molecule has 0 amide bonds. The van der Waals surface area contributed by atoms with Gasteiger partial charge in [0.15, 0.2) is 5.96 Å². The first kappa shape index (κ1) is 20.3. The summed E-state index contributed by atoms with van der Waals surface area (Å²) in [6, 6.07) is 4.32. The number of aromatic nitrogens is 1. The molecule has 1 aromatic heterocycles. The summed E-state index contributed by atoms with van der Waals surface area (Å²) in [5.74, 6) is 4.13. The Morgan fingerprint density at radius 2 is 2.15 bits per heavy atom. The summed E-state index contributed by atoms with van der Waals surface area (Å²) >= 11 is 2.07. The summed E-state index contributed by atoms with van der Waals surface area (Å²) in [7, 11) is 0. The van der Waals surface area contributed by atoms with Crippen LogP contribution in [0.3, 0.4) is 0 Å². The van der Waals surface area contributed by atoms with Gasteiger partial charge in [0.05, 0.1) is 6.54 Å². The number of piperidine rings is 1. The van der Waals surface area contributed by atoms with Crippen LogP contribution in [0.2, 0.25) is 0 Å². The Labute approximate surface area is 168 Å². The molecule has 1 atom stereocenters. The molecule has 1 aromatic rings. The third kappa shape index (κ3) is 6.03. The third-order valence-corrected chi connectivity index (χ3v) is 7.15. The van der Waals surface area contributed by atoms with Gasteiger partial charge >= 0.3 is 0 Å². The number of pyridine rings is 1. The molecule has 0 radical (unpaired) electrons. The second-order valence-electron chi connectivity index (χ2n) is 8.14. The van der Waals surface area contributed by atoms with Crippen LogP contribution < -0.4 is 15.5 Å². The average Bonchev–Trinajstić information content (AvgIpc) is 3.12. The number of hydrogen-bond donors (Lipinski definition) is 2. The van der Waals surface area contributed by atoms with Crippen LogP contribution in [0.5, 0.6) is 0 Å². The molecule has 3 heterocycles. The molecule has 6 heteroatoms. The highest BCUT2D eigenvalue weighted by atomic mass is 32.2. The molecule has 2 aliphatic rings. The van der Waals surface area contributed by atoms with E-state index in [9.17, 15) is 0 Å². The van der Waals surface area contributed by atoms with Gasteiger partial charge in [0.1, 0.15) is 5.82 Å². The first-order valence-electron chi connectivity index (χ1n) is 10.4. The van der Waals surface area contributed by atoms with Crippen LogP contribution in [0, 0.1) is 5.92 Å². The van der Waals surface area contributed by atoms with Crippen LogP contribution in [-0.2, 0) is 6.54 Å². The monoisotopic (exact) mass is 389 g/mol. The van der Waals surface area contributed by atoms with Gasteiger partial charge in [-0.3, -0.25) is 0 Å². The summed E-state index contributed by atoms with van der Waals surface area (Å²) in [4.78, 5) is 11.8. The number of anilines is 1. The van der Waals surface area contributed by atoms with Crippen LogP contribution in [-0.4, -0.2) is 47.6 Å². The number of hydrogen-bond acceptors (Lipinski definition) is 4. The van der Waals surface area contributed by atoms with E-state index < -0.39 is 0 Å². The number of aliphatic imine (C=N–C) groups is 1. The Hall–Kier alpha value is -1.43. The Bertz CT molecular complexity index is 602. The minimum absolute atomic E-state index is 0.339. The van der Waals surface area contributed by atoms with E-state index in [1.165, 1.54) is 31.4 Å². The van der Waals surface area contributed by atoms with Crippen LogP contribution >= 0.6 is 11.8 Å². The molecule has 0 spiro atoms. The van der Waals surface area contributed by atoms with Gasteiger partial charge in [-0.1, -0.05) is 13.0 Å². The summed E-state index contributed by atoms with van der Waals surface area (Å²) < 4.78 is 0.339. The number of nitrogens with one attached hydrogen (secondary N) is 2. The standard InChI is InChI=1S/C21H35N5S/c1-4-22-20(25-16-21(3)10-5-13-27-21)24-15-18-6-7-19(23-14-18)26-11-8-17(2)9-12-26/h6-7,14,17H,4-5,8-13,15-16H2,1-3H3,(H2,22,24,25). The molecule has 2 fully saturated rings. The van der Waals surface area contributed by atoms with Crippen LogP contribution in [0.4, 0.5) is 5.82 Å². The van der Waals surface area contributed by atoms with Crippen LogP contribution in [0.15, 0.2) is 23.3 Å². The molecule has 1 unspecified atom stereocenters. The lowest BCUT2D eigenvalue weighted by atomic mass is 9.99. The first-order chi connectivity index (χ1) is 13.1. The lowest BCUT2D eigenvalue weighted by molar-refractivity contribution is 0.436. The highest BCUT2D eigenvalue weighted by Gasteiger charge is 2.29. The molecule has 0 bridgehead atoms. The highest BCUT2D eigenvalue weighted by molar-refractivity contribution is 8.00. The summed E-state index contributed by atoms with van der Waals surface area (Å²) in [6.45, 7) is 11.5. The van der Waals surface area contributed by atoms with Gasteiger partial charge in [-0.25, -0.2) is 9.98 Å². The summed E-state index contributed by atoms with van der Waals surface area (Å²) in [5.41, 5.74) is 1.16. The largest absolute Gasteiger partial charge is 0.357 e. The average molecular weight is 390 g/mol. The zero-order chi connectivity index (χ0) is 19.1. The van der Waals surface area contributed by atoms with Gasteiger partial charge < -0.3 is 15.5 Å². The molecule has 150 valence electrons. The van der Waals surface area contributed by atoms with Gasteiger partial charge in [0, 0.05) is 37.1 Å². The lowest BCUT2D eigenvalue weighted by Gasteiger charge is -2.31. The van der Waals surface area contributed by atoms with E-state index in [1.807, 2.05) is 6.20 Å². The van der Waals surface area contributed by atoms with Crippen molar-refractivity contribution in [1.29, 1.82) is 0 Å². The van der Waals surface area contributed by atoms with Crippen molar-refractivity contribution in [2.75, 3.05) is 36.8 Å². The number of rotatable bonds is 6. The van der Waals surface area contributed by atoms with E-state index in [0.717, 1.165) is 49.4 Å². The van der Waals surface area contributed by atoms with Crippen molar-refractivity contribution in [1.82, 2.24) is 15.6 Å². The number of guanidine groups is 1. The van der Waals surface area contributed by atoms with Gasteiger partial charge in [0.25, 0.3) is 0 Å². The molecule has 5 nitrogen and oxygen atoms in total. The van der Waals surface area contributed by atoms with Crippen LogP contribution in [0.25, 0.3) is 0 Å². The predicted octanol–water partition coefficient (Wildman–Crippen LogP) is 3.66. The fourth-order valence-electron chi connectivity index (χ4n) is 3.69. The van der Waals surface area contributed by atoms with Gasteiger partial charge in [0.2, 0.25) is 0 Å². The van der Waals surface area contributed by atoms with Crippen molar-refractivity contribution in [3.05, 3.63) is 23.9 Å².